The summed E-state index contributed by atoms with van der Waals surface area (Å²) in [5, 5.41) is 12.1. The molecule has 2 aliphatic rings. The summed E-state index contributed by atoms with van der Waals surface area (Å²) in [6, 6.07) is 16.8. The number of ether oxygens (including phenoxy) is 2. The van der Waals surface area contributed by atoms with Crippen LogP contribution in [0.4, 0.5) is 0 Å². The molecule has 0 aromatic heterocycles. The second-order valence-corrected chi connectivity index (χ2v) is 7.80. The fraction of sp³-hybridized carbons (Fsp3) is 0.208. The molecule has 0 bridgehead atoms. The summed E-state index contributed by atoms with van der Waals surface area (Å²) in [4.78, 5) is 19.4. The van der Waals surface area contributed by atoms with Gasteiger partial charge in [-0.3, -0.25) is 0 Å². The van der Waals surface area contributed by atoms with Gasteiger partial charge in [0.2, 0.25) is 0 Å². The zero-order chi connectivity index (χ0) is 21.8. The molecule has 7 heteroatoms. The van der Waals surface area contributed by atoms with Gasteiger partial charge in [0, 0.05) is 17.3 Å². The Hall–Kier alpha value is -3.50. The number of nitriles is 1. The third kappa shape index (κ3) is 4.07. The summed E-state index contributed by atoms with van der Waals surface area (Å²) in [5.41, 5.74) is 3.34. The van der Waals surface area contributed by atoms with Crippen molar-refractivity contribution in [3.63, 3.8) is 0 Å². The zero-order valence-corrected chi connectivity index (χ0v) is 18.1. The van der Waals surface area contributed by atoms with E-state index in [9.17, 15) is 10.1 Å². The number of hydrogen-bond acceptors (Lipinski definition) is 7. The summed E-state index contributed by atoms with van der Waals surface area (Å²) in [6.07, 6.45) is 1.92. The highest BCUT2D eigenvalue weighted by Gasteiger charge is 2.38. The van der Waals surface area contributed by atoms with E-state index in [4.69, 9.17) is 9.47 Å². The Bertz CT molecular complexity index is 1150. The Morgan fingerprint density at radius 3 is 2.81 bits per heavy atom. The fourth-order valence-corrected chi connectivity index (χ4v) is 4.42. The lowest BCUT2D eigenvalue weighted by molar-refractivity contribution is -0.139. The van der Waals surface area contributed by atoms with E-state index >= 15 is 0 Å². The highest BCUT2D eigenvalue weighted by atomic mass is 32.2. The molecule has 0 fully saturated rings. The van der Waals surface area contributed by atoms with Crippen molar-refractivity contribution in [1.82, 2.24) is 4.90 Å². The van der Waals surface area contributed by atoms with Crippen LogP contribution in [0.2, 0.25) is 0 Å². The molecule has 2 aromatic carbocycles. The molecule has 2 aliphatic heterocycles. The minimum absolute atomic E-state index is 0.246. The molecule has 0 saturated carbocycles. The maximum Gasteiger partial charge on any atom is 0.338 e. The van der Waals surface area contributed by atoms with Gasteiger partial charge in [-0.2, -0.15) is 5.26 Å². The van der Waals surface area contributed by atoms with Gasteiger partial charge in [0.05, 0.1) is 35.6 Å². The van der Waals surface area contributed by atoms with Gasteiger partial charge in [-0.15, -0.1) is 0 Å². The predicted octanol–water partition coefficient (Wildman–Crippen LogP) is 4.91. The van der Waals surface area contributed by atoms with Crippen LogP contribution < -0.4 is 4.74 Å². The van der Waals surface area contributed by atoms with Gasteiger partial charge in [-0.1, -0.05) is 48.2 Å². The van der Waals surface area contributed by atoms with E-state index in [2.05, 4.69) is 11.1 Å². The van der Waals surface area contributed by atoms with Gasteiger partial charge in [-0.05, 0) is 31.4 Å². The zero-order valence-electron chi connectivity index (χ0n) is 17.2. The van der Waals surface area contributed by atoms with Crippen LogP contribution in [0, 0.1) is 11.3 Å². The predicted molar refractivity (Wildman–Crippen MR) is 120 cm³/mol. The number of hydrogen-bond donors (Lipinski definition) is 0. The van der Waals surface area contributed by atoms with E-state index in [-0.39, 0.29) is 19.2 Å². The fourth-order valence-electron chi connectivity index (χ4n) is 3.62. The summed E-state index contributed by atoms with van der Waals surface area (Å²) < 4.78 is 11.5. The van der Waals surface area contributed by atoms with Crippen LogP contribution in [0.25, 0.3) is 0 Å². The SMILES string of the molecule is CCOC(=O)C1=C(C)N=C2SC=CN2[C@H]1c1ccccc1OCc1ccccc1C#N. The molecule has 0 radical (unpaired) electrons. The number of carbonyl (C=O) groups excluding carboxylic acids is 1. The molecular formula is C24H21N3O3S. The molecule has 31 heavy (non-hydrogen) atoms. The van der Waals surface area contributed by atoms with Gasteiger partial charge < -0.3 is 14.4 Å². The summed E-state index contributed by atoms with van der Waals surface area (Å²) in [7, 11) is 0. The molecule has 156 valence electrons. The van der Waals surface area contributed by atoms with Crippen LogP contribution in [0.3, 0.4) is 0 Å². The Labute approximate surface area is 185 Å². The number of amidine groups is 1. The van der Waals surface area contributed by atoms with Gasteiger partial charge in [0.1, 0.15) is 12.4 Å². The molecule has 0 spiro atoms. The molecule has 1 atom stereocenters. The number of nitrogens with zero attached hydrogens (tertiary/aromatic N) is 3. The van der Waals surface area contributed by atoms with Crippen LogP contribution in [0.1, 0.15) is 36.6 Å². The third-order valence-corrected chi connectivity index (χ3v) is 5.82. The van der Waals surface area contributed by atoms with Gasteiger partial charge >= 0.3 is 5.97 Å². The lowest BCUT2D eigenvalue weighted by Gasteiger charge is -2.34. The van der Waals surface area contributed by atoms with Crippen molar-refractivity contribution in [1.29, 1.82) is 5.26 Å². The molecule has 2 aromatic rings. The second-order valence-electron chi connectivity index (χ2n) is 6.92. The molecule has 0 saturated heterocycles. The van der Waals surface area contributed by atoms with Crippen molar-refractivity contribution < 1.29 is 14.3 Å². The van der Waals surface area contributed by atoms with Crippen molar-refractivity contribution in [3.8, 4) is 11.8 Å². The Morgan fingerprint density at radius 1 is 1.23 bits per heavy atom. The van der Waals surface area contributed by atoms with Crippen LogP contribution in [-0.2, 0) is 16.1 Å². The number of carbonyl (C=O) groups is 1. The van der Waals surface area contributed by atoms with Gasteiger partial charge in [-0.25, -0.2) is 9.79 Å². The number of esters is 1. The number of allylic oxidation sites excluding steroid dienone is 1. The maximum atomic E-state index is 12.9. The van der Waals surface area contributed by atoms with Crippen LogP contribution >= 0.6 is 11.8 Å². The third-order valence-electron chi connectivity index (χ3n) is 5.05. The topological polar surface area (TPSA) is 74.9 Å². The van der Waals surface area contributed by atoms with E-state index in [0.717, 1.165) is 16.3 Å². The van der Waals surface area contributed by atoms with Crippen LogP contribution in [0.5, 0.6) is 5.75 Å². The average molecular weight is 432 g/mol. The standard InChI is InChI=1S/C24H21N3O3S/c1-3-29-23(28)21-16(2)26-24-27(12-13-31-24)22(21)19-10-6-7-11-20(19)30-15-18-9-5-4-8-17(18)14-25/h4-13,22H,3,15H2,1-2H3/t22-/m0/s1. The Balaban J connectivity index is 1.72. The highest BCUT2D eigenvalue weighted by Crippen LogP contribution is 2.43. The number of aliphatic imine (C=N–C) groups is 1. The summed E-state index contributed by atoms with van der Waals surface area (Å²) >= 11 is 1.51. The number of rotatable bonds is 6. The average Bonchev–Trinajstić information content (AvgIpc) is 3.25. The number of fused-ring (bicyclic) bond motifs is 1. The van der Waals surface area contributed by atoms with Crippen molar-refractivity contribution in [2.75, 3.05) is 6.61 Å². The molecule has 0 amide bonds. The van der Waals surface area contributed by atoms with Crippen LogP contribution in [0.15, 0.2) is 76.4 Å². The lowest BCUT2D eigenvalue weighted by Crippen LogP contribution is -2.34. The molecule has 4 rings (SSSR count). The molecule has 0 N–H and O–H groups in total. The first kappa shape index (κ1) is 20.8. The Kier molecular flexibility index (Phi) is 6.10. The first-order chi connectivity index (χ1) is 15.1. The number of para-hydroxylation sites is 1. The van der Waals surface area contributed by atoms with E-state index in [1.807, 2.05) is 65.9 Å². The van der Waals surface area contributed by atoms with E-state index in [1.54, 1.807) is 13.0 Å². The largest absolute Gasteiger partial charge is 0.488 e. The normalized spacial score (nSPS) is 17.1. The molecule has 2 heterocycles. The summed E-state index contributed by atoms with van der Waals surface area (Å²) in [5.74, 6) is 0.254. The lowest BCUT2D eigenvalue weighted by atomic mass is 9.94. The minimum atomic E-state index is -0.416. The molecule has 6 nitrogen and oxygen atoms in total. The van der Waals surface area contributed by atoms with Gasteiger partial charge in [0.25, 0.3) is 0 Å². The number of thioether (sulfide) groups is 1. The molecule has 0 aliphatic carbocycles. The van der Waals surface area contributed by atoms with Gasteiger partial charge in [0.15, 0.2) is 5.17 Å². The van der Waals surface area contributed by atoms with Crippen LogP contribution in [-0.4, -0.2) is 22.6 Å². The highest BCUT2D eigenvalue weighted by molar-refractivity contribution is 8.16. The van der Waals surface area contributed by atoms with Crippen molar-refractivity contribution in [3.05, 3.63) is 88.1 Å². The monoisotopic (exact) mass is 431 g/mol. The first-order valence-corrected chi connectivity index (χ1v) is 10.8. The van der Waals surface area contributed by atoms with E-state index < -0.39 is 6.04 Å². The summed E-state index contributed by atoms with van der Waals surface area (Å²) in [6.45, 7) is 4.15. The maximum absolute atomic E-state index is 12.9. The second kappa shape index (κ2) is 9.11. The van der Waals surface area contributed by atoms with Crippen molar-refractivity contribution >= 4 is 22.9 Å². The smallest absolute Gasteiger partial charge is 0.338 e. The first-order valence-electron chi connectivity index (χ1n) is 9.92. The minimum Gasteiger partial charge on any atom is -0.488 e. The molecule has 0 unspecified atom stereocenters. The van der Waals surface area contributed by atoms with E-state index in [0.29, 0.717) is 22.6 Å². The van der Waals surface area contributed by atoms with E-state index in [1.165, 1.54) is 11.8 Å². The Morgan fingerprint density at radius 2 is 2.00 bits per heavy atom. The quantitative estimate of drug-likeness (QED) is 0.605. The number of benzene rings is 2. The van der Waals surface area contributed by atoms with Crippen molar-refractivity contribution in [2.45, 2.75) is 26.5 Å². The van der Waals surface area contributed by atoms with Crippen molar-refractivity contribution in [2.24, 2.45) is 4.99 Å². The molecular weight excluding hydrogens is 410 g/mol.